The van der Waals surface area contributed by atoms with E-state index in [4.69, 9.17) is 9.47 Å². The highest BCUT2D eigenvalue weighted by Gasteiger charge is 2.23. The molecular formula is C19H26N2O8. The van der Waals surface area contributed by atoms with Crippen LogP contribution in [0.2, 0.25) is 0 Å². The summed E-state index contributed by atoms with van der Waals surface area (Å²) in [5.41, 5.74) is -0.172. The Balaban J connectivity index is 2.54. The molecule has 0 aliphatic carbocycles. The summed E-state index contributed by atoms with van der Waals surface area (Å²) >= 11 is 0. The van der Waals surface area contributed by atoms with Crippen LogP contribution in [-0.4, -0.2) is 64.5 Å². The third-order valence-electron chi connectivity index (χ3n) is 3.63. The van der Waals surface area contributed by atoms with Gasteiger partial charge in [-0.1, -0.05) is 19.4 Å². The molecule has 1 aromatic carbocycles. The number of hydrogen-bond acceptors (Lipinski definition) is 8. The largest absolute Gasteiger partial charge is 0.483 e. The molecule has 1 rings (SSSR count). The van der Waals surface area contributed by atoms with Gasteiger partial charge in [-0.25, -0.2) is 14.4 Å². The first kappa shape index (κ1) is 23.7. The van der Waals surface area contributed by atoms with Gasteiger partial charge in [0.2, 0.25) is 0 Å². The first-order valence-corrected chi connectivity index (χ1v) is 9.04. The molecule has 0 radical (unpaired) electrons. The Hall–Kier alpha value is -3.30. The normalized spacial score (nSPS) is 9.90. The molecule has 0 aliphatic heterocycles. The molecule has 160 valence electrons. The summed E-state index contributed by atoms with van der Waals surface area (Å²) in [4.78, 5) is 47.1. The average molecular weight is 410 g/mol. The van der Waals surface area contributed by atoms with E-state index in [-0.39, 0.29) is 30.0 Å². The number of unbranched alkanes of at least 4 members (excludes halogenated alkanes) is 1. The van der Waals surface area contributed by atoms with Crippen LogP contribution in [0.1, 0.15) is 40.5 Å². The Morgan fingerprint density at radius 2 is 1.66 bits per heavy atom. The fourth-order valence-electron chi connectivity index (χ4n) is 2.17. The zero-order valence-corrected chi connectivity index (χ0v) is 16.7. The molecule has 0 unspecified atom stereocenters. The quantitative estimate of drug-likeness (QED) is 0.317. The predicted molar refractivity (Wildman–Crippen MR) is 102 cm³/mol. The molecule has 29 heavy (non-hydrogen) atoms. The predicted octanol–water partition coefficient (Wildman–Crippen LogP) is 1.28. The Morgan fingerprint density at radius 3 is 2.31 bits per heavy atom. The van der Waals surface area contributed by atoms with Gasteiger partial charge in [-0.3, -0.25) is 4.79 Å². The lowest BCUT2D eigenvalue weighted by Crippen LogP contribution is -2.37. The topological polar surface area (TPSA) is 129 Å². The number of carbonyl (C=O) groups excluding carboxylic acids is 4. The minimum Gasteiger partial charge on any atom is -0.483 e. The van der Waals surface area contributed by atoms with Crippen LogP contribution in [0.15, 0.2) is 18.2 Å². The summed E-state index contributed by atoms with van der Waals surface area (Å²) in [5.74, 6) is -2.01. The molecule has 0 fully saturated rings. The maximum atomic E-state index is 12.0. The van der Waals surface area contributed by atoms with E-state index in [1.54, 1.807) is 0 Å². The van der Waals surface area contributed by atoms with Gasteiger partial charge in [0, 0.05) is 13.1 Å². The minimum absolute atomic E-state index is 0.00697. The second kappa shape index (κ2) is 13.0. The lowest BCUT2D eigenvalue weighted by atomic mass is 10.1. The zero-order chi connectivity index (χ0) is 21.6. The smallest absolute Gasteiger partial charge is 0.407 e. The van der Waals surface area contributed by atoms with Crippen LogP contribution in [0.4, 0.5) is 4.79 Å². The van der Waals surface area contributed by atoms with E-state index >= 15 is 0 Å². The number of alkyl carbamates (subject to hydrolysis) is 1. The van der Waals surface area contributed by atoms with Gasteiger partial charge in [-0.15, -0.1) is 0 Å². The van der Waals surface area contributed by atoms with Gasteiger partial charge < -0.3 is 29.6 Å². The molecule has 0 saturated heterocycles. The molecular weight excluding hydrogens is 384 g/mol. The van der Waals surface area contributed by atoms with E-state index in [1.165, 1.54) is 25.3 Å². The van der Waals surface area contributed by atoms with Crippen LogP contribution < -0.4 is 15.4 Å². The molecule has 0 saturated carbocycles. The lowest BCUT2D eigenvalue weighted by Gasteiger charge is -2.13. The van der Waals surface area contributed by atoms with E-state index in [0.717, 1.165) is 20.0 Å². The standard InChI is InChI=1S/C19H26N2O8/c1-4-5-11-28-19(25)21-10-9-20-15(22)12-29-14-8-6-7-13(17(23)26-2)16(14)18(24)27-3/h6-8H,4-5,9-12H2,1-3H3,(H,20,22)(H,21,25). The summed E-state index contributed by atoms with van der Waals surface area (Å²) in [5, 5.41) is 5.04. The van der Waals surface area contributed by atoms with Gasteiger partial charge in [0.1, 0.15) is 11.3 Å². The first-order valence-electron chi connectivity index (χ1n) is 9.04. The second-order valence-electron chi connectivity index (χ2n) is 5.72. The van der Waals surface area contributed by atoms with E-state index in [9.17, 15) is 19.2 Å². The van der Waals surface area contributed by atoms with Crippen LogP contribution >= 0.6 is 0 Å². The third kappa shape index (κ3) is 8.08. The van der Waals surface area contributed by atoms with Crippen molar-refractivity contribution in [3.8, 4) is 5.75 Å². The van der Waals surface area contributed by atoms with Gasteiger partial charge in [-0.05, 0) is 18.6 Å². The van der Waals surface area contributed by atoms with Gasteiger partial charge >= 0.3 is 18.0 Å². The van der Waals surface area contributed by atoms with Gasteiger partial charge in [0.25, 0.3) is 5.91 Å². The molecule has 0 aliphatic rings. The van der Waals surface area contributed by atoms with Crippen LogP contribution in [0.3, 0.4) is 0 Å². The van der Waals surface area contributed by atoms with Crippen molar-refractivity contribution in [2.45, 2.75) is 19.8 Å². The lowest BCUT2D eigenvalue weighted by molar-refractivity contribution is -0.123. The number of benzene rings is 1. The van der Waals surface area contributed by atoms with E-state index in [0.29, 0.717) is 6.61 Å². The van der Waals surface area contributed by atoms with Crippen LogP contribution in [-0.2, 0) is 19.0 Å². The van der Waals surface area contributed by atoms with Crippen molar-refractivity contribution < 1.29 is 38.1 Å². The van der Waals surface area contributed by atoms with Crippen LogP contribution in [0, 0.1) is 0 Å². The highest BCUT2D eigenvalue weighted by Crippen LogP contribution is 2.24. The molecule has 10 heteroatoms. The van der Waals surface area contributed by atoms with Gasteiger partial charge in [0.05, 0.1) is 26.4 Å². The van der Waals surface area contributed by atoms with Gasteiger partial charge in [0.15, 0.2) is 6.61 Å². The molecule has 0 heterocycles. The highest BCUT2D eigenvalue weighted by molar-refractivity contribution is 6.05. The minimum atomic E-state index is -0.799. The number of esters is 2. The Morgan fingerprint density at radius 1 is 0.966 bits per heavy atom. The van der Waals surface area contributed by atoms with Crippen LogP contribution in [0.25, 0.3) is 0 Å². The molecule has 0 spiro atoms. The average Bonchev–Trinajstić information content (AvgIpc) is 2.74. The first-order chi connectivity index (χ1) is 13.9. The number of rotatable bonds is 11. The maximum Gasteiger partial charge on any atom is 0.407 e. The summed E-state index contributed by atoms with van der Waals surface area (Å²) in [6, 6.07) is 4.30. The number of amides is 2. The van der Waals surface area contributed by atoms with Crippen molar-refractivity contribution in [1.29, 1.82) is 0 Å². The number of nitrogens with one attached hydrogen (secondary N) is 2. The second-order valence-corrected chi connectivity index (χ2v) is 5.72. The summed E-state index contributed by atoms with van der Waals surface area (Å²) < 4.78 is 19.6. The SMILES string of the molecule is CCCCOC(=O)NCCNC(=O)COc1cccc(C(=O)OC)c1C(=O)OC. The summed E-state index contributed by atoms with van der Waals surface area (Å²) in [7, 11) is 2.34. The van der Waals surface area contributed by atoms with E-state index in [1.807, 2.05) is 6.92 Å². The van der Waals surface area contributed by atoms with Crippen LogP contribution in [0.5, 0.6) is 5.75 Å². The Bertz CT molecular complexity index is 720. The monoisotopic (exact) mass is 410 g/mol. The van der Waals surface area contributed by atoms with Crippen molar-refractivity contribution in [2.75, 3.05) is 40.5 Å². The van der Waals surface area contributed by atoms with Gasteiger partial charge in [-0.2, -0.15) is 0 Å². The molecule has 2 amide bonds. The zero-order valence-electron chi connectivity index (χ0n) is 16.7. The van der Waals surface area contributed by atoms with Crippen molar-refractivity contribution in [3.63, 3.8) is 0 Å². The molecule has 0 bridgehead atoms. The Labute approximate surface area is 168 Å². The third-order valence-corrected chi connectivity index (χ3v) is 3.63. The van der Waals surface area contributed by atoms with E-state index in [2.05, 4.69) is 20.1 Å². The number of hydrogen-bond donors (Lipinski definition) is 2. The Kier molecular flexibility index (Phi) is 10.6. The molecule has 10 nitrogen and oxygen atoms in total. The number of carbonyl (C=O) groups is 4. The highest BCUT2D eigenvalue weighted by atomic mass is 16.5. The van der Waals surface area contributed by atoms with E-state index < -0.39 is 30.5 Å². The maximum absolute atomic E-state index is 12.0. The van der Waals surface area contributed by atoms with Crippen molar-refractivity contribution in [2.24, 2.45) is 0 Å². The summed E-state index contributed by atoms with van der Waals surface area (Å²) in [6.07, 6.45) is 1.15. The fraction of sp³-hybridized carbons (Fsp3) is 0.474. The van der Waals surface area contributed by atoms with Crippen molar-refractivity contribution in [3.05, 3.63) is 29.3 Å². The molecule has 1 aromatic rings. The van der Waals surface area contributed by atoms with Crippen molar-refractivity contribution >= 4 is 23.9 Å². The number of methoxy groups -OCH3 is 2. The molecule has 2 N–H and O–H groups in total. The number of ether oxygens (including phenoxy) is 4. The summed E-state index contributed by atoms with van der Waals surface area (Å²) in [6.45, 7) is 2.27. The molecule has 0 atom stereocenters. The molecule has 0 aromatic heterocycles. The fourth-order valence-corrected chi connectivity index (χ4v) is 2.17. The van der Waals surface area contributed by atoms with Crippen molar-refractivity contribution in [1.82, 2.24) is 10.6 Å².